The van der Waals surface area contributed by atoms with Crippen LogP contribution in [0.15, 0.2) is 18.2 Å². The van der Waals surface area contributed by atoms with Crippen molar-refractivity contribution in [3.63, 3.8) is 0 Å². The molecule has 2 rings (SSSR count). The van der Waals surface area contributed by atoms with Crippen molar-refractivity contribution in [2.75, 3.05) is 0 Å². The van der Waals surface area contributed by atoms with Crippen molar-refractivity contribution in [2.24, 2.45) is 0 Å². The summed E-state index contributed by atoms with van der Waals surface area (Å²) in [5.41, 5.74) is 0.258. The van der Waals surface area contributed by atoms with Gasteiger partial charge in [-0.2, -0.15) is 5.26 Å². The maximum absolute atomic E-state index is 13.5. The Morgan fingerprint density at radius 3 is 2.80 bits per heavy atom. The second-order valence-electron chi connectivity index (χ2n) is 3.64. The highest BCUT2D eigenvalue weighted by atomic mass is 35.5. The van der Waals surface area contributed by atoms with Crippen LogP contribution in [0.3, 0.4) is 0 Å². The molecule has 1 aliphatic carbocycles. The quantitative estimate of drug-likeness (QED) is 0.857. The van der Waals surface area contributed by atoms with E-state index < -0.39 is 11.9 Å². The highest BCUT2D eigenvalue weighted by Crippen LogP contribution is 2.29. The molecule has 0 radical (unpaired) electrons. The molecule has 1 N–H and O–H groups in total. The number of rotatable bonds is 3. The normalized spacial score (nSPS) is 17.1. The van der Waals surface area contributed by atoms with E-state index in [9.17, 15) is 4.39 Å². The molecule has 78 valence electrons. The van der Waals surface area contributed by atoms with Crippen LogP contribution < -0.4 is 5.32 Å². The number of nitriles is 1. The molecule has 0 heterocycles. The number of hydrogen-bond donors (Lipinski definition) is 1. The number of hydrogen-bond acceptors (Lipinski definition) is 2. The van der Waals surface area contributed by atoms with E-state index in [-0.39, 0.29) is 5.56 Å². The van der Waals surface area contributed by atoms with Crippen LogP contribution in [-0.4, -0.2) is 6.04 Å². The Hall–Kier alpha value is -1.11. The molecule has 1 atom stereocenters. The van der Waals surface area contributed by atoms with E-state index in [1.807, 2.05) is 6.07 Å². The molecule has 0 amide bonds. The van der Waals surface area contributed by atoms with Crippen molar-refractivity contribution in [3.05, 3.63) is 34.6 Å². The summed E-state index contributed by atoms with van der Waals surface area (Å²) < 4.78 is 13.5. The lowest BCUT2D eigenvalue weighted by molar-refractivity contribution is 0.560. The third kappa shape index (κ3) is 2.28. The van der Waals surface area contributed by atoms with E-state index in [4.69, 9.17) is 16.9 Å². The van der Waals surface area contributed by atoms with Gasteiger partial charge < -0.3 is 0 Å². The van der Waals surface area contributed by atoms with E-state index in [2.05, 4.69) is 5.32 Å². The lowest BCUT2D eigenvalue weighted by Gasteiger charge is -2.13. The summed E-state index contributed by atoms with van der Waals surface area (Å²) in [6.45, 7) is 0. The molecule has 0 aromatic heterocycles. The molecule has 1 fully saturated rings. The SMILES string of the molecule is N#CC(NC1CC1)c1c(F)cccc1Cl. The lowest BCUT2D eigenvalue weighted by Crippen LogP contribution is -2.23. The minimum atomic E-state index is -0.647. The fraction of sp³-hybridized carbons (Fsp3) is 0.364. The molecular weight excluding hydrogens is 215 g/mol. The topological polar surface area (TPSA) is 35.8 Å². The third-order valence-electron chi connectivity index (χ3n) is 2.40. The van der Waals surface area contributed by atoms with E-state index >= 15 is 0 Å². The van der Waals surface area contributed by atoms with Gasteiger partial charge in [-0.05, 0) is 25.0 Å². The molecule has 4 heteroatoms. The highest BCUT2D eigenvalue weighted by molar-refractivity contribution is 6.31. The van der Waals surface area contributed by atoms with Crippen LogP contribution in [0, 0.1) is 17.1 Å². The number of halogens is 2. The van der Waals surface area contributed by atoms with Gasteiger partial charge in [0.2, 0.25) is 0 Å². The molecule has 1 aliphatic rings. The second-order valence-corrected chi connectivity index (χ2v) is 4.05. The Morgan fingerprint density at radius 2 is 2.27 bits per heavy atom. The van der Waals surface area contributed by atoms with Gasteiger partial charge in [0.15, 0.2) is 0 Å². The average molecular weight is 225 g/mol. The molecule has 1 aromatic carbocycles. The van der Waals surface area contributed by atoms with Crippen LogP contribution in [0.2, 0.25) is 5.02 Å². The Morgan fingerprint density at radius 1 is 1.53 bits per heavy atom. The van der Waals surface area contributed by atoms with Gasteiger partial charge in [0, 0.05) is 16.6 Å². The first-order valence-electron chi connectivity index (χ1n) is 4.82. The monoisotopic (exact) mass is 224 g/mol. The lowest BCUT2D eigenvalue weighted by atomic mass is 10.1. The maximum atomic E-state index is 13.5. The van der Waals surface area contributed by atoms with Crippen LogP contribution >= 0.6 is 11.6 Å². The van der Waals surface area contributed by atoms with Crippen molar-refractivity contribution >= 4 is 11.6 Å². The first-order valence-corrected chi connectivity index (χ1v) is 5.19. The zero-order valence-electron chi connectivity index (χ0n) is 8.00. The summed E-state index contributed by atoms with van der Waals surface area (Å²) in [5.74, 6) is -0.429. The first-order chi connectivity index (χ1) is 7.22. The van der Waals surface area contributed by atoms with Crippen LogP contribution in [0.1, 0.15) is 24.4 Å². The van der Waals surface area contributed by atoms with Crippen molar-refractivity contribution in [1.82, 2.24) is 5.32 Å². The Bertz CT molecular complexity index is 389. The zero-order chi connectivity index (χ0) is 10.8. The van der Waals surface area contributed by atoms with Crippen molar-refractivity contribution in [3.8, 4) is 6.07 Å². The standard InChI is InChI=1S/C11H10ClFN2/c12-8-2-1-3-9(13)11(8)10(6-14)15-7-4-5-7/h1-3,7,10,15H,4-5H2. The Balaban J connectivity index is 2.28. The summed E-state index contributed by atoms with van der Waals surface area (Å²) in [6.07, 6.45) is 2.09. The van der Waals surface area contributed by atoms with Crippen LogP contribution in [0.25, 0.3) is 0 Å². The molecule has 0 saturated heterocycles. The van der Waals surface area contributed by atoms with Gasteiger partial charge in [-0.25, -0.2) is 4.39 Å². The Labute approximate surface area is 92.7 Å². The van der Waals surface area contributed by atoms with Gasteiger partial charge in [-0.3, -0.25) is 5.32 Å². The summed E-state index contributed by atoms with van der Waals surface area (Å²) in [4.78, 5) is 0. The summed E-state index contributed by atoms with van der Waals surface area (Å²) >= 11 is 5.88. The van der Waals surface area contributed by atoms with Gasteiger partial charge in [0.05, 0.1) is 6.07 Å². The second kappa shape index (κ2) is 4.18. The fourth-order valence-corrected chi connectivity index (χ4v) is 1.73. The predicted octanol–water partition coefficient (Wildman–Crippen LogP) is 2.80. The average Bonchev–Trinajstić information content (AvgIpc) is 2.99. The smallest absolute Gasteiger partial charge is 0.130 e. The van der Waals surface area contributed by atoms with Gasteiger partial charge in [-0.15, -0.1) is 0 Å². The van der Waals surface area contributed by atoms with Crippen molar-refractivity contribution in [2.45, 2.75) is 24.9 Å². The third-order valence-corrected chi connectivity index (χ3v) is 2.73. The predicted molar refractivity (Wildman–Crippen MR) is 55.9 cm³/mol. The molecule has 0 aliphatic heterocycles. The van der Waals surface area contributed by atoms with Gasteiger partial charge >= 0.3 is 0 Å². The summed E-state index contributed by atoms with van der Waals surface area (Å²) in [5, 5.41) is 12.3. The molecule has 1 saturated carbocycles. The first kappa shape index (κ1) is 10.4. The van der Waals surface area contributed by atoms with E-state index in [0.717, 1.165) is 12.8 Å². The van der Waals surface area contributed by atoms with Gasteiger partial charge in [0.1, 0.15) is 11.9 Å². The zero-order valence-corrected chi connectivity index (χ0v) is 8.76. The molecule has 0 bridgehead atoms. The van der Waals surface area contributed by atoms with E-state index in [1.165, 1.54) is 12.1 Å². The largest absolute Gasteiger partial charge is 0.295 e. The molecular formula is C11H10ClFN2. The maximum Gasteiger partial charge on any atom is 0.130 e. The Kier molecular flexibility index (Phi) is 2.90. The molecule has 0 spiro atoms. The molecule has 15 heavy (non-hydrogen) atoms. The molecule has 1 unspecified atom stereocenters. The fourth-order valence-electron chi connectivity index (χ4n) is 1.46. The van der Waals surface area contributed by atoms with E-state index in [1.54, 1.807) is 6.07 Å². The molecule has 2 nitrogen and oxygen atoms in total. The van der Waals surface area contributed by atoms with Crippen LogP contribution in [-0.2, 0) is 0 Å². The molecule has 1 aromatic rings. The van der Waals surface area contributed by atoms with Crippen LogP contribution in [0.4, 0.5) is 4.39 Å². The highest BCUT2D eigenvalue weighted by Gasteiger charge is 2.27. The minimum Gasteiger partial charge on any atom is -0.295 e. The van der Waals surface area contributed by atoms with Crippen molar-refractivity contribution in [1.29, 1.82) is 5.26 Å². The number of benzene rings is 1. The van der Waals surface area contributed by atoms with Crippen LogP contribution in [0.5, 0.6) is 0 Å². The van der Waals surface area contributed by atoms with Crippen molar-refractivity contribution < 1.29 is 4.39 Å². The van der Waals surface area contributed by atoms with Gasteiger partial charge in [0.25, 0.3) is 0 Å². The van der Waals surface area contributed by atoms with Gasteiger partial charge in [-0.1, -0.05) is 17.7 Å². The minimum absolute atomic E-state index is 0.258. The number of nitrogens with zero attached hydrogens (tertiary/aromatic N) is 1. The van der Waals surface area contributed by atoms with E-state index in [0.29, 0.717) is 11.1 Å². The number of nitrogens with one attached hydrogen (secondary N) is 1. The summed E-state index contributed by atoms with van der Waals surface area (Å²) in [6, 6.07) is 6.18. The summed E-state index contributed by atoms with van der Waals surface area (Å²) in [7, 11) is 0.